The summed E-state index contributed by atoms with van der Waals surface area (Å²) in [6.07, 6.45) is 0. The molecule has 0 radical (unpaired) electrons. The van der Waals surface area contributed by atoms with Gasteiger partial charge in [-0.05, 0) is 23.6 Å². The van der Waals surface area contributed by atoms with Crippen LogP contribution in [0.5, 0.6) is 5.75 Å². The van der Waals surface area contributed by atoms with Crippen molar-refractivity contribution in [3.05, 3.63) is 30.0 Å². The Balaban J connectivity index is 2.45. The maximum Gasteiger partial charge on any atom is 0.230 e. The number of rotatable bonds is 4. The molecule has 1 atom stereocenters. The quantitative estimate of drug-likeness (QED) is 0.910. The summed E-state index contributed by atoms with van der Waals surface area (Å²) in [5, 5.41) is 4.12. The largest absolute Gasteiger partial charge is 0.497 e. The fraction of sp³-hybridized carbons (Fsp3) is 0.400. The highest BCUT2D eigenvalue weighted by atomic mass is 16.5. The van der Waals surface area contributed by atoms with E-state index in [1.54, 1.807) is 7.11 Å². The Morgan fingerprint density at radius 3 is 2.32 bits per heavy atom. The number of nitrogens with zero attached hydrogens (tertiary/aromatic N) is 1. The summed E-state index contributed by atoms with van der Waals surface area (Å²) in [6.45, 7) is 6.45. The summed E-state index contributed by atoms with van der Waals surface area (Å²) in [5.74, 6) is 1.95. The van der Waals surface area contributed by atoms with Gasteiger partial charge in [-0.1, -0.05) is 38.1 Å². The van der Waals surface area contributed by atoms with Gasteiger partial charge < -0.3 is 15.0 Å². The van der Waals surface area contributed by atoms with E-state index in [1.807, 2.05) is 24.3 Å². The third-order valence-electron chi connectivity index (χ3n) is 3.55. The van der Waals surface area contributed by atoms with Crippen LogP contribution in [0.1, 0.15) is 32.4 Å². The van der Waals surface area contributed by atoms with E-state index in [1.165, 1.54) is 0 Å². The lowest BCUT2D eigenvalue weighted by molar-refractivity contribution is 0.407. The van der Waals surface area contributed by atoms with Crippen molar-refractivity contribution >= 4 is 5.88 Å². The highest BCUT2D eigenvalue weighted by Gasteiger charge is 2.22. The highest BCUT2D eigenvalue weighted by molar-refractivity contribution is 5.75. The topological polar surface area (TPSA) is 61.3 Å². The first kappa shape index (κ1) is 13.5. The molecule has 0 fully saturated rings. The van der Waals surface area contributed by atoms with Gasteiger partial charge in [-0.25, -0.2) is 0 Å². The summed E-state index contributed by atoms with van der Waals surface area (Å²) in [4.78, 5) is 0. The van der Waals surface area contributed by atoms with Crippen LogP contribution in [0.15, 0.2) is 28.8 Å². The Morgan fingerprint density at radius 1 is 1.16 bits per heavy atom. The van der Waals surface area contributed by atoms with Gasteiger partial charge in [-0.15, -0.1) is 0 Å². The molecular weight excluding hydrogens is 240 g/mol. The van der Waals surface area contributed by atoms with E-state index in [-0.39, 0.29) is 5.92 Å². The Labute approximate surface area is 113 Å². The van der Waals surface area contributed by atoms with Crippen LogP contribution in [-0.2, 0) is 0 Å². The van der Waals surface area contributed by atoms with Crippen LogP contribution in [0.25, 0.3) is 11.1 Å². The monoisotopic (exact) mass is 260 g/mol. The second-order valence-electron chi connectivity index (χ2n) is 5.07. The molecule has 2 aromatic rings. The van der Waals surface area contributed by atoms with Crippen molar-refractivity contribution in [3.63, 3.8) is 0 Å². The molecule has 1 heterocycles. The number of hydrogen-bond donors (Lipinski definition) is 1. The Kier molecular flexibility index (Phi) is 3.79. The van der Waals surface area contributed by atoms with Crippen LogP contribution in [0.3, 0.4) is 0 Å². The predicted octanol–water partition coefficient (Wildman–Crippen LogP) is 3.69. The first-order chi connectivity index (χ1) is 9.04. The van der Waals surface area contributed by atoms with E-state index in [0.717, 1.165) is 22.6 Å². The molecule has 0 saturated carbocycles. The van der Waals surface area contributed by atoms with E-state index in [2.05, 4.69) is 25.9 Å². The van der Waals surface area contributed by atoms with E-state index in [0.29, 0.717) is 11.8 Å². The molecule has 1 aromatic carbocycles. The van der Waals surface area contributed by atoms with Gasteiger partial charge in [0.05, 0.1) is 18.4 Å². The number of nitrogen functional groups attached to an aromatic ring is 1. The van der Waals surface area contributed by atoms with Gasteiger partial charge in [0.15, 0.2) is 0 Å². The van der Waals surface area contributed by atoms with Crippen molar-refractivity contribution in [2.24, 2.45) is 5.92 Å². The molecule has 1 unspecified atom stereocenters. The van der Waals surface area contributed by atoms with Crippen LogP contribution < -0.4 is 10.5 Å². The Morgan fingerprint density at radius 2 is 1.79 bits per heavy atom. The molecule has 0 saturated heterocycles. The zero-order chi connectivity index (χ0) is 14.0. The van der Waals surface area contributed by atoms with Crippen molar-refractivity contribution in [3.8, 4) is 16.9 Å². The minimum Gasteiger partial charge on any atom is -0.497 e. The van der Waals surface area contributed by atoms with Crippen molar-refractivity contribution in [2.75, 3.05) is 12.8 Å². The van der Waals surface area contributed by atoms with Gasteiger partial charge in [0.1, 0.15) is 5.75 Å². The van der Waals surface area contributed by atoms with E-state index >= 15 is 0 Å². The van der Waals surface area contributed by atoms with Crippen LogP contribution >= 0.6 is 0 Å². The molecule has 0 aliphatic rings. The molecule has 19 heavy (non-hydrogen) atoms. The lowest BCUT2D eigenvalue weighted by Gasteiger charge is -2.14. The van der Waals surface area contributed by atoms with Gasteiger partial charge >= 0.3 is 0 Å². The van der Waals surface area contributed by atoms with Crippen LogP contribution in [0.2, 0.25) is 0 Å². The normalized spacial score (nSPS) is 12.7. The van der Waals surface area contributed by atoms with Crippen molar-refractivity contribution in [2.45, 2.75) is 26.7 Å². The zero-order valence-electron chi connectivity index (χ0n) is 11.8. The van der Waals surface area contributed by atoms with Gasteiger partial charge in [-0.2, -0.15) is 0 Å². The summed E-state index contributed by atoms with van der Waals surface area (Å²) in [7, 11) is 1.65. The predicted molar refractivity (Wildman–Crippen MR) is 76.2 cm³/mol. The summed E-state index contributed by atoms with van der Waals surface area (Å²) in [6, 6.07) is 7.76. The van der Waals surface area contributed by atoms with E-state index < -0.39 is 0 Å². The summed E-state index contributed by atoms with van der Waals surface area (Å²) < 4.78 is 10.3. The first-order valence-corrected chi connectivity index (χ1v) is 6.44. The van der Waals surface area contributed by atoms with Crippen molar-refractivity contribution in [1.29, 1.82) is 0 Å². The first-order valence-electron chi connectivity index (χ1n) is 6.44. The standard InChI is InChI=1S/C15H20N2O2/c1-9(2)10(3)14-13(15(16)19-17-14)11-5-7-12(18-4)8-6-11/h5-10H,16H2,1-4H3. The molecule has 0 aliphatic carbocycles. The number of nitrogens with two attached hydrogens (primary N) is 1. The van der Waals surface area contributed by atoms with Crippen molar-refractivity contribution < 1.29 is 9.26 Å². The fourth-order valence-corrected chi connectivity index (χ4v) is 1.99. The molecular formula is C15H20N2O2. The number of anilines is 1. The molecule has 2 rings (SSSR count). The summed E-state index contributed by atoms with van der Waals surface area (Å²) in [5.41, 5.74) is 8.73. The van der Waals surface area contributed by atoms with Gasteiger partial charge in [0, 0.05) is 5.92 Å². The fourth-order valence-electron chi connectivity index (χ4n) is 1.99. The maximum atomic E-state index is 5.92. The molecule has 0 bridgehead atoms. The van der Waals surface area contributed by atoms with Crippen LogP contribution in [0.4, 0.5) is 5.88 Å². The van der Waals surface area contributed by atoms with Crippen LogP contribution in [-0.4, -0.2) is 12.3 Å². The number of hydrogen-bond acceptors (Lipinski definition) is 4. The molecule has 102 valence electrons. The second-order valence-corrected chi connectivity index (χ2v) is 5.07. The molecule has 4 nitrogen and oxygen atoms in total. The molecule has 0 spiro atoms. The molecule has 0 amide bonds. The average molecular weight is 260 g/mol. The zero-order valence-corrected chi connectivity index (χ0v) is 11.8. The van der Waals surface area contributed by atoms with E-state index in [4.69, 9.17) is 15.0 Å². The third kappa shape index (κ3) is 2.57. The lowest BCUT2D eigenvalue weighted by Crippen LogP contribution is -2.04. The van der Waals surface area contributed by atoms with Gasteiger partial charge in [0.2, 0.25) is 5.88 Å². The Bertz CT molecular complexity index is 544. The average Bonchev–Trinajstić information content (AvgIpc) is 2.79. The highest BCUT2D eigenvalue weighted by Crippen LogP contribution is 2.37. The number of aromatic nitrogens is 1. The Hall–Kier alpha value is -1.97. The van der Waals surface area contributed by atoms with E-state index in [9.17, 15) is 0 Å². The number of ether oxygens (including phenoxy) is 1. The summed E-state index contributed by atoms with van der Waals surface area (Å²) >= 11 is 0. The molecule has 2 N–H and O–H groups in total. The van der Waals surface area contributed by atoms with Gasteiger partial charge in [0.25, 0.3) is 0 Å². The number of methoxy groups -OCH3 is 1. The molecule has 1 aromatic heterocycles. The van der Waals surface area contributed by atoms with Crippen molar-refractivity contribution in [1.82, 2.24) is 5.16 Å². The van der Waals surface area contributed by atoms with Crippen LogP contribution in [0, 0.1) is 5.92 Å². The lowest BCUT2D eigenvalue weighted by atomic mass is 9.90. The minimum atomic E-state index is 0.290. The minimum absolute atomic E-state index is 0.290. The van der Waals surface area contributed by atoms with Gasteiger partial charge in [-0.3, -0.25) is 0 Å². The number of benzene rings is 1. The molecule has 4 heteroatoms. The molecule has 0 aliphatic heterocycles. The SMILES string of the molecule is COc1ccc(-c2c(C(C)C(C)C)noc2N)cc1. The second kappa shape index (κ2) is 5.34. The maximum absolute atomic E-state index is 5.92. The third-order valence-corrected chi connectivity index (χ3v) is 3.55. The smallest absolute Gasteiger partial charge is 0.230 e.